The fourth-order valence-corrected chi connectivity index (χ4v) is 3.85. The molecule has 2 N–H and O–H groups in total. The van der Waals surface area contributed by atoms with Gasteiger partial charge in [0.15, 0.2) is 5.43 Å². The van der Waals surface area contributed by atoms with Gasteiger partial charge in [0.25, 0.3) is 15.9 Å². The zero-order valence-corrected chi connectivity index (χ0v) is 16.6. The van der Waals surface area contributed by atoms with Crippen molar-refractivity contribution in [1.82, 2.24) is 9.88 Å². The van der Waals surface area contributed by atoms with Crippen molar-refractivity contribution in [3.63, 3.8) is 0 Å². The minimum atomic E-state index is -3.86. The van der Waals surface area contributed by atoms with Gasteiger partial charge >= 0.3 is 0 Å². The van der Waals surface area contributed by atoms with Crippen molar-refractivity contribution < 1.29 is 13.2 Å². The van der Waals surface area contributed by atoms with Crippen LogP contribution in [0.25, 0.3) is 10.9 Å². The van der Waals surface area contributed by atoms with Crippen LogP contribution in [0.1, 0.15) is 23.0 Å². The summed E-state index contributed by atoms with van der Waals surface area (Å²) in [6, 6.07) is 12.0. The molecule has 2 aromatic carbocycles. The molecular formula is C20H21N3O4S. The summed E-state index contributed by atoms with van der Waals surface area (Å²) in [6.07, 6.45) is 0.700. The number of sulfonamides is 1. The van der Waals surface area contributed by atoms with E-state index in [1.54, 1.807) is 26.2 Å². The molecule has 0 radical (unpaired) electrons. The molecule has 0 fully saturated rings. The number of benzene rings is 2. The highest BCUT2D eigenvalue weighted by molar-refractivity contribution is 7.92. The van der Waals surface area contributed by atoms with Gasteiger partial charge in [0.05, 0.1) is 4.90 Å². The van der Waals surface area contributed by atoms with Gasteiger partial charge in [0.2, 0.25) is 0 Å². The summed E-state index contributed by atoms with van der Waals surface area (Å²) in [5, 5.41) is 0.407. The highest BCUT2D eigenvalue weighted by Gasteiger charge is 2.16. The SMILES string of the molecule is CCc1cc(=O)c2cc(NS(=O)(=O)c3ccc(C(=O)N(C)C)cc3)ccc2[nH]1. The van der Waals surface area contributed by atoms with Crippen LogP contribution in [-0.2, 0) is 16.4 Å². The molecule has 0 spiro atoms. The van der Waals surface area contributed by atoms with E-state index in [0.717, 1.165) is 5.69 Å². The van der Waals surface area contributed by atoms with Gasteiger partial charge in [0.1, 0.15) is 0 Å². The van der Waals surface area contributed by atoms with Gasteiger partial charge in [-0.1, -0.05) is 6.92 Å². The van der Waals surface area contributed by atoms with Crippen molar-refractivity contribution in [2.75, 3.05) is 18.8 Å². The van der Waals surface area contributed by atoms with Crippen LogP contribution in [0, 0.1) is 0 Å². The maximum absolute atomic E-state index is 12.6. The molecule has 1 heterocycles. The van der Waals surface area contributed by atoms with E-state index in [2.05, 4.69) is 9.71 Å². The van der Waals surface area contributed by atoms with Gasteiger partial charge in [-0.25, -0.2) is 8.42 Å². The number of aromatic amines is 1. The lowest BCUT2D eigenvalue weighted by Crippen LogP contribution is -2.21. The minimum Gasteiger partial charge on any atom is -0.358 e. The van der Waals surface area contributed by atoms with E-state index >= 15 is 0 Å². The maximum Gasteiger partial charge on any atom is 0.261 e. The average molecular weight is 399 g/mol. The number of aryl methyl sites for hydroxylation is 1. The average Bonchev–Trinajstić information content (AvgIpc) is 2.67. The zero-order valence-electron chi connectivity index (χ0n) is 15.8. The van der Waals surface area contributed by atoms with Crippen molar-refractivity contribution in [3.05, 3.63) is 70.0 Å². The smallest absolute Gasteiger partial charge is 0.261 e. The topological polar surface area (TPSA) is 99.3 Å². The number of fused-ring (bicyclic) bond motifs is 1. The molecule has 0 saturated heterocycles. The number of carbonyl (C=O) groups is 1. The van der Waals surface area contributed by atoms with Crippen LogP contribution in [0.2, 0.25) is 0 Å². The number of nitrogens with zero attached hydrogens (tertiary/aromatic N) is 1. The molecule has 146 valence electrons. The molecule has 3 aromatic rings. The molecule has 0 aliphatic heterocycles. The van der Waals surface area contributed by atoms with Gasteiger partial charge in [-0.05, 0) is 48.9 Å². The number of H-pyrrole nitrogens is 1. The summed E-state index contributed by atoms with van der Waals surface area (Å²) in [5.41, 5.74) is 1.99. The Morgan fingerprint density at radius 1 is 1.07 bits per heavy atom. The number of carbonyl (C=O) groups excluding carboxylic acids is 1. The highest BCUT2D eigenvalue weighted by Crippen LogP contribution is 2.20. The van der Waals surface area contributed by atoms with Crippen molar-refractivity contribution in [2.24, 2.45) is 0 Å². The third-order valence-corrected chi connectivity index (χ3v) is 5.73. The van der Waals surface area contributed by atoms with Crippen LogP contribution in [0.4, 0.5) is 5.69 Å². The Hall–Kier alpha value is -3.13. The number of nitrogens with one attached hydrogen (secondary N) is 2. The van der Waals surface area contributed by atoms with Crippen LogP contribution >= 0.6 is 0 Å². The van der Waals surface area contributed by atoms with Crippen LogP contribution in [0.3, 0.4) is 0 Å². The van der Waals surface area contributed by atoms with E-state index in [1.165, 1.54) is 41.3 Å². The number of anilines is 1. The Balaban J connectivity index is 1.91. The normalized spacial score (nSPS) is 11.4. The first-order valence-corrected chi connectivity index (χ1v) is 10.2. The van der Waals surface area contributed by atoms with Crippen LogP contribution in [0.5, 0.6) is 0 Å². The Bertz CT molecular complexity index is 1200. The molecule has 0 saturated carbocycles. The summed E-state index contributed by atoms with van der Waals surface area (Å²) >= 11 is 0. The Morgan fingerprint density at radius 2 is 1.75 bits per heavy atom. The van der Waals surface area contributed by atoms with Crippen LogP contribution < -0.4 is 10.2 Å². The fourth-order valence-electron chi connectivity index (χ4n) is 2.81. The minimum absolute atomic E-state index is 0.0261. The first-order valence-electron chi connectivity index (χ1n) is 8.72. The van der Waals surface area contributed by atoms with Gasteiger partial charge in [-0.2, -0.15) is 0 Å². The van der Waals surface area contributed by atoms with E-state index < -0.39 is 10.0 Å². The summed E-state index contributed by atoms with van der Waals surface area (Å²) in [4.78, 5) is 28.8. The second kappa shape index (κ2) is 7.47. The summed E-state index contributed by atoms with van der Waals surface area (Å²) in [5.74, 6) is -0.211. The summed E-state index contributed by atoms with van der Waals surface area (Å²) in [6.45, 7) is 1.94. The standard InChI is InChI=1S/C20H21N3O4S/c1-4-14-12-19(24)17-11-15(7-10-18(17)21-14)22-28(26,27)16-8-5-13(6-9-16)20(25)23(2)3/h5-12,22H,4H2,1-3H3,(H,21,24). The highest BCUT2D eigenvalue weighted by atomic mass is 32.2. The monoisotopic (exact) mass is 399 g/mol. The molecule has 0 atom stereocenters. The fraction of sp³-hybridized carbons (Fsp3) is 0.200. The molecule has 1 amide bonds. The number of aromatic nitrogens is 1. The van der Waals surface area contributed by atoms with Crippen molar-refractivity contribution in [2.45, 2.75) is 18.2 Å². The number of pyridine rings is 1. The second-order valence-corrected chi connectivity index (χ2v) is 8.28. The van der Waals surface area contributed by atoms with Gasteiger partial charge in [0, 0.05) is 48.0 Å². The Labute approximate surface area is 163 Å². The van der Waals surface area contributed by atoms with Crippen LogP contribution in [0.15, 0.2) is 58.2 Å². The summed E-state index contributed by atoms with van der Waals surface area (Å²) in [7, 11) is -0.609. The van der Waals surface area contributed by atoms with E-state index in [4.69, 9.17) is 0 Å². The quantitative estimate of drug-likeness (QED) is 0.689. The molecule has 0 aliphatic carbocycles. The van der Waals surface area contributed by atoms with Gasteiger partial charge in [-0.15, -0.1) is 0 Å². The van der Waals surface area contributed by atoms with Crippen molar-refractivity contribution in [3.8, 4) is 0 Å². The molecular weight excluding hydrogens is 378 g/mol. The number of hydrogen-bond donors (Lipinski definition) is 2. The van der Waals surface area contributed by atoms with Crippen molar-refractivity contribution >= 4 is 32.5 Å². The number of amides is 1. The third-order valence-electron chi connectivity index (χ3n) is 4.34. The molecule has 28 heavy (non-hydrogen) atoms. The lowest BCUT2D eigenvalue weighted by atomic mass is 10.1. The number of rotatable bonds is 5. The molecule has 1 aromatic heterocycles. The van der Waals surface area contributed by atoms with E-state index in [1.807, 2.05) is 6.92 Å². The third kappa shape index (κ3) is 3.91. The zero-order chi connectivity index (χ0) is 20.5. The lowest BCUT2D eigenvalue weighted by Gasteiger charge is -2.12. The maximum atomic E-state index is 12.6. The lowest BCUT2D eigenvalue weighted by molar-refractivity contribution is 0.0827. The summed E-state index contributed by atoms with van der Waals surface area (Å²) < 4.78 is 27.8. The predicted octanol–water partition coefficient (Wildman–Crippen LogP) is 2.59. The first kappa shape index (κ1) is 19.6. The van der Waals surface area contributed by atoms with Gasteiger partial charge < -0.3 is 9.88 Å². The predicted molar refractivity (Wildman–Crippen MR) is 109 cm³/mol. The van der Waals surface area contributed by atoms with E-state index in [0.29, 0.717) is 22.9 Å². The molecule has 0 bridgehead atoms. The molecule has 3 rings (SSSR count). The molecule has 7 nitrogen and oxygen atoms in total. The molecule has 0 unspecified atom stereocenters. The van der Waals surface area contributed by atoms with Crippen LogP contribution in [-0.4, -0.2) is 38.3 Å². The molecule has 8 heteroatoms. The Morgan fingerprint density at radius 3 is 2.36 bits per heavy atom. The van der Waals surface area contributed by atoms with E-state index in [-0.39, 0.29) is 21.9 Å². The first-order chi connectivity index (χ1) is 13.2. The van der Waals surface area contributed by atoms with Crippen molar-refractivity contribution in [1.29, 1.82) is 0 Å². The Kier molecular flexibility index (Phi) is 5.24. The molecule has 0 aliphatic rings. The second-order valence-electron chi connectivity index (χ2n) is 6.60. The van der Waals surface area contributed by atoms with E-state index in [9.17, 15) is 18.0 Å². The van der Waals surface area contributed by atoms with Gasteiger partial charge in [-0.3, -0.25) is 14.3 Å². The largest absolute Gasteiger partial charge is 0.358 e. The number of hydrogen-bond acceptors (Lipinski definition) is 4.